The average Bonchev–Trinajstić information content (AvgIpc) is 3.26. The molecule has 0 unspecified atom stereocenters. The van der Waals surface area contributed by atoms with Gasteiger partial charge in [0.05, 0.1) is 5.41 Å². The molecule has 1 saturated heterocycles. The minimum atomic E-state index is -1.25. The van der Waals surface area contributed by atoms with Crippen molar-refractivity contribution in [3.05, 3.63) is 45.6 Å². The van der Waals surface area contributed by atoms with Crippen LogP contribution in [0.15, 0.2) is 40.0 Å². The van der Waals surface area contributed by atoms with Gasteiger partial charge in [0.2, 0.25) is 5.91 Å². The Morgan fingerprint density at radius 1 is 1.31 bits per heavy atom. The molecule has 2 atom stereocenters. The molecular formula is C22H23BrN2O6S. The zero-order chi connectivity index (χ0) is 23.0. The first-order valence-corrected chi connectivity index (χ1v) is 12.2. The van der Waals surface area contributed by atoms with Gasteiger partial charge in [-0.25, -0.2) is 4.79 Å². The van der Waals surface area contributed by atoms with Crippen molar-refractivity contribution >= 4 is 51.4 Å². The Labute approximate surface area is 197 Å². The Bertz CT molecular complexity index is 1020. The molecule has 4 rings (SSSR count). The fourth-order valence-corrected chi connectivity index (χ4v) is 6.40. The SMILES string of the molecule is CC(=O)OCC1=C(C(=O)O)N2C(=O)[C@@H](NC(=O)C3(c4cccc(Br)c4)CCCC3)[C@H]2SC1. The Balaban J connectivity index is 1.54. The number of thioether (sulfide) groups is 1. The predicted molar refractivity (Wildman–Crippen MR) is 121 cm³/mol. The molecule has 0 bridgehead atoms. The van der Waals surface area contributed by atoms with Gasteiger partial charge >= 0.3 is 11.9 Å². The summed E-state index contributed by atoms with van der Waals surface area (Å²) in [5.74, 6) is -2.14. The summed E-state index contributed by atoms with van der Waals surface area (Å²) in [6.45, 7) is 1.06. The number of rotatable bonds is 6. The largest absolute Gasteiger partial charge is 0.477 e. The molecule has 2 N–H and O–H groups in total. The van der Waals surface area contributed by atoms with Crippen LogP contribution in [0.25, 0.3) is 0 Å². The van der Waals surface area contributed by atoms with E-state index in [9.17, 15) is 24.3 Å². The molecule has 1 saturated carbocycles. The number of carboxylic acids is 1. The molecule has 2 amide bonds. The molecule has 0 spiro atoms. The second-order valence-corrected chi connectivity index (χ2v) is 10.2. The number of aliphatic carboxylic acids is 1. The van der Waals surface area contributed by atoms with E-state index >= 15 is 0 Å². The van der Waals surface area contributed by atoms with Crippen LogP contribution < -0.4 is 5.32 Å². The highest BCUT2D eigenvalue weighted by molar-refractivity contribution is 9.10. The van der Waals surface area contributed by atoms with E-state index < -0.39 is 34.7 Å². The summed E-state index contributed by atoms with van der Waals surface area (Å²) in [5, 5.41) is 12.1. The van der Waals surface area contributed by atoms with E-state index in [1.54, 1.807) is 0 Å². The Hall–Kier alpha value is -2.33. The van der Waals surface area contributed by atoms with Gasteiger partial charge in [-0.05, 0) is 30.5 Å². The van der Waals surface area contributed by atoms with Crippen molar-refractivity contribution in [1.29, 1.82) is 0 Å². The summed E-state index contributed by atoms with van der Waals surface area (Å²) in [4.78, 5) is 50.6. The number of carboxylic acid groups (broad SMARTS) is 1. The summed E-state index contributed by atoms with van der Waals surface area (Å²) < 4.78 is 5.84. The summed E-state index contributed by atoms with van der Waals surface area (Å²) in [6, 6.07) is 6.90. The number of esters is 1. The fraction of sp³-hybridized carbons (Fsp3) is 0.455. The van der Waals surface area contributed by atoms with E-state index in [-0.39, 0.29) is 18.2 Å². The third-order valence-electron chi connectivity index (χ3n) is 6.26. The van der Waals surface area contributed by atoms with E-state index in [1.807, 2.05) is 24.3 Å². The number of β-lactam (4-membered cyclic amide) rings is 1. The molecule has 0 aromatic heterocycles. The van der Waals surface area contributed by atoms with Crippen LogP contribution in [0.3, 0.4) is 0 Å². The third kappa shape index (κ3) is 3.94. The molecule has 1 aromatic rings. The smallest absolute Gasteiger partial charge is 0.352 e. The third-order valence-corrected chi connectivity index (χ3v) is 8.09. The molecule has 1 aromatic carbocycles. The molecule has 0 radical (unpaired) electrons. The lowest BCUT2D eigenvalue weighted by Gasteiger charge is -2.50. The maximum Gasteiger partial charge on any atom is 0.352 e. The number of ether oxygens (including phenoxy) is 1. The molecule has 170 valence electrons. The molecule has 3 aliphatic rings. The number of carbonyl (C=O) groups is 4. The monoisotopic (exact) mass is 522 g/mol. The van der Waals surface area contributed by atoms with E-state index in [0.717, 1.165) is 22.9 Å². The van der Waals surface area contributed by atoms with Gasteiger partial charge in [0, 0.05) is 22.7 Å². The lowest BCUT2D eigenvalue weighted by Crippen LogP contribution is -2.71. The van der Waals surface area contributed by atoms with Gasteiger partial charge in [-0.15, -0.1) is 11.8 Å². The zero-order valence-corrected chi connectivity index (χ0v) is 19.8. The van der Waals surface area contributed by atoms with Gasteiger partial charge < -0.3 is 15.2 Å². The van der Waals surface area contributed by atoms with E-state index in [1.165, 1.54) is 23.6 Å². The Kier molecular flexibility index (Phi) is 6.35. The number of hydrogen-bond donors (Lipinski definition) is 2. The number of fused-ring (bicyclic) bond motifs is 1. The maximum atomic E-state index is 13.5. The first-order valence-electron chi connectivity index (χ1n) is 10.3. The van der Waals surface area contributed by atoms with Crippen LogP contribution in [0.5, 0.6) is 0 Å². The number of amides is 2. The van der Waals surface area contributed by atoms with Crippen molar-refractivity contribution in [2.24, 2.45) is 0 Å². The number of halogens is 1. The van der Waals surface area contributed by atoms with Crippen LogP contribution >= 0.6 is 27.7 Å². The molecule has 8 nitrogen and oxygen atoms in total. The van der Waals surface area contributed by atoms with Crippen LogP contribution in [-0.4, -0.2) is 57.5 Å². The van der Waals surface area contributed by atoms with E-state index in [0.29, 0.717) is 24.2 Å². The summed E-state index contributed by atoms with van der Waals surface area (Å²) in [6.07, 6.45) is 3.25. The molecule has 32 heavy (non-hydrogen) atoms. The van der Waals surface area contributed by atoms with E-state index in [2.05, 4.69) is 21.2 Å². The van der Waals surface area contributed by atoms with Gasteiger partial charge in [0.25, 0.3) is 5.91 Å². The average molecular weight is 523 g/mol. The first kappa shape index (κ1) is 22.8. The molecule has 2 aliphatic heterocycles. The molecule has 1 aliphatic carbocycles. The maximum absolute atomic E-state index is 13.5. The highest BCUT2D eigenvalue weighted by atomic mass is 79.9. The highest BCUT2D eigenvalue weighted by Gasteiger charge is 2.56. The van der Waals surface area contributed by atoms with Gasteiger partial charge in [0.15, 0.2) is 0 Å². The lowest BCUT2D eigenvalue weighted by molar-refractivity contribution is -0.151. The second kappa shape index (κ2) is 8.90. The lowest BCUT2D eigenvalue weighted by atomic mass is 9.77. The zero-order valence-electron chi connectivity index (χ0n) is 17.4. The number of hydrogen-bond acceptors (Lipinski definition) is 6. The fourth-order valence-electron chi connectivity index (χ4n) is 4.67. The molecule has 2 fully saturated rings. The Morgan fingerprint density at radius 2 is 2.03 bits per heavy atom. The molecule has 10 heteroatoms. The summed E-state index contributed by atoms with van der Waals surface area (Å²) >= 11 is 4.83. The first-order chi connectivity index (χ1) is 15.2. The minimum Gasteiger partial charge on any atom is -0.477 e. The van der Waals surface area contributed by atoms with Crippen LogP contribution in [-0.2, 0) is 29.3 Å². The molecular weight excluding hydrogens is 500 g/mol. The van der Waals surface area contributed by atoms with Gasteiger partial charge in [-0.3, -0.25) is 19.3 Å². The van der Waals surface area contributed by atoms with Crippen molar-refractivity contribution in [1.82, 2.24) is 10.2 Å². The van der Waals surface area contributed by atoms with Gasteiger partial charge in [-0.1, -0.05) is 40.9 Å². The topological polar surface area (TPSA) is 113 Å². The van der Waals surface area contributed by atoms with Crippen LogP contribution in [0.2, 0.25) is 0 Å². The number of nitrogens with one attached hydrogen (secondary N) is 1. The van der Waals surface area contributed by atoms with Crippen LogP contribution in [0, 0.1) is 0 Å². The van der Waals surface area contributed by atoms with Crippen LogP contribution in [0.1, 0.15) is 38.2 Å². The summed E-state index contributed by atoms with van der Waals surface area (Å²) in [5.41, 5.74) is 0.425. The number of benzene rings is 1. The predicted octanol–water partition coefficient (Wildman–Crippen LogP) is 2.56. The standard InChI is InChI=1S/C22H23BrN2O6S/c1-12(26)31-10-13-11-32-19-16(18(27)25(19)17(13)20(28)29)24-21(30)22(7-2-3-8-22)14-5-4-6-15(23)9-14/h4-6,9,16,19H,2-3,7-8,10-11H2,1H3,(H,24,30)(H,28,29)/t16-,19-/m1/s1. The molecule has 2 heterocycles. The van der Waals surface area contributed by atoms with Gasteiger partial charge in [-0.2, -0.15) is 0 Å². The second-order valence-electron chi connectivity index (χ2n) is 8.20. The van der Waals surface area contributed by atoms with Crippen molar-refractivity contribution in [2.45, 2.75) is 49.4 Å². The van der Waals surface area contributed by atoms with Crippen molar-refractivity contribution in [2.75, 3.05) is 12.4 Å². The highest BCUT2D eigenvalue weighted by Crippen LogP contribution is 2.44. The van der Waals surface area contributed by atoms with Gasteiger partial charge in [0.1, 0.15) is 23.7 Å². The van der Waals surface area contributed by atoms with E-state index in [4.69, 9.17) is 4.74 Å². The normalized spacial score (nSPS) is 23.9. The van der Waals surface area contributed by atoms with Crippen molar-refractivity contribution < 1.29 is 29.0 Å². The Morgan fingerprint density at radius 3 is 2.66 bits per heavy atom. The number of nitrogens with zero attached hydrogens (tertiary/aromatic N) is 1. The van der Waals surface area contributed by atoms with Crippen LogP contribution in [0.4, 0.5) is 0 Å². The van der Waals surface area contributed by atoms with Crippen molar-refractivity contribution in [3.8, 4) is 0 Å². The quantitative estimate of drug-likeness (QED) is 0.435. The summed E-state index contributed by atoms with van der Waals surface area (Å²) in [7, 11) is 0. The van der Waals surface area contributed by atoms with Crippen molar-refractivity contribution in [3.63, 3.8) is 0 Å². The minimum absolute atomic E-state index is 0.159. The number of carbonyl (C=O) groups excluding carboxylic acids is 3.